The molecule has 2 aliphatic rings. The highest BCUT2D eigenvalue weighted by Crippen LogP contribution is 2.31. The number of methoxy groups -OCH3 is 1. The van der Waals surface area contributed by atoms with Crippen molar-refractivity contribution >= 4 is 0 Å². The number of hydrogen-bond acceptors (Lipinski definition) is 4. The van der Waals surface area contributed by atoms with E-state index in [1.807, 2.05) is 6.20 Å². The molecule has 2 heterocycles. The van der Waals surface area contributed by atoms with Gasteiger partial charge in [-0.25, -0.2) is 0 Å². The summed E-state index contributed by atoms with van der Waals surface area (Å²) in [6.45, 7) is 3.33. The summed E-state index contributed by atoms with van der Waals surface area (Å²) in [5, 5.41) is 11.2. The Hall–Kier alpha value is -1.85. The number of likely N-dealkylation sites (tertiary alicyclic amines) is 1. The summed E-state index contributed by atoms with van der Waals surface area (Å²) in [5.74, 6) is 1.00. The van der Waals surface area contributed by atoms with E-state index in [1.54, 1.807) is 7.11 Å². The highest BCUT2D eigenvalue weighted by molar-refractivity contribution is 5.36. The summed E-state index contributed by atoms with van der Waals surface area (Å²) >= 11 is 0. The van der Waals surface area contributed by atoms with Gasteiger partial charge >= 0.3 is 0 Å². The lowest BCUT2D eigenvalue weighted by Gasteiger charge is -2.37. The Morgan fingerprint density at radius 1 is 1.27 bits per heavy atom. The van der Waals surface area contributed by atoms with Crippen LogP contribution in [0.5, 0.6) is 5.75 Å². The number of fused-ring (bicyclic) bond motifs is 1. The Balaban J connectivity index is 1.48. The number of hydrogen-bond donors (Lipinski definition) is 2. The van der Waals surface area contributed by atoms with Crippen LogP contribution in [0.4, 0.5) is 0 Å². The molecule has 1 aromatic heterocycles. The molecule has 26 heavy (non-hydrogen) atoms. The van der Waals surface area contributed by atoms with Crippen LogP contribution in [0, 0.1) is 0 Å². The Kier molecular flexibility index (Phi) is 5.56. The summed E-state index contributed by atoms with van der Waals surface area (Å²) in [4.78, 5) is 2.64. The lowest BCUT2D eigenvalue weighted by Crippen LogP contribution is -2.43. The number of aryl methyl sites for hydroxylation is 1. The van der Waals surface area contributed by atoms with E-state index >= 15 is 0 Å². The van der Waals surface area contributed by atoms with Crippen molar-refractivity contribution in [2.24, 2.45) is 0 Å². The number of H-pyrrole nitrogens is 1. The average Bonchev–Trinajstić information content (AvgIpc) is 3.17. The fraction of sp³-hybridized carbons (Fsp3) is 0.571. The predicted molar refractivity (Wildman–Crippen MR) is 104 cm³/mol. The van der Waals surface area contributed by atoms with Gasteiger partial charge in [-0.1, -0.05) is 24.6 Å². The fourth-order valence-electron chi connectivity index (χ4n) is 4.47. The molecular formula is C21H30N4O. The van der Waals surface area contributed by atoms with Crippen LogP contribution >= 0.6 is 0 Å². The molecule has 2 N–H and O–H groups in total. The molecule has 0 spiro atoms. The van der Waals surface area contributed by atoms with Crippen molar-refractivity contribution in [2.45, 2.75) is 50.6 Å². The monoisotopic (exact) mass is 354 g/mol. The number of ether oxygens (including phenoxy) is 1. The molecular weight excluding hydrogens is 324 g/mol. The molecule has 2 atom stereocenters. The second-order valence-corrected chi connectivity index (χ2v) is 7.58. The average molecular weight is 354 g/mol. The van der Waals surface area contributed by atoms with Crippen molar-refractivity contribution in [3.63, 3.8) is 0 Å². The molecule has 2 unspecified atom stereocenters. The number of aromatic nitrogens is 2. The van der Waals surface area contributed by atoms with Crippen LogP contribution < -0.4 is 10.1 Å². The van der Waals surface area contributed by atoms with Gasteiger partial charge in [0, 0.05) is 30.3 Å². The summed E-state index contributed by atoms with van der Waals surface area (Å²) in [5.41, 5.74) is 4.00. The lowest BCUT2D eigenvalue weighted by atomic mass is 9.93. The van der Waals surface area contributed by atoms with E-state index in [2.05, 4.69) is 44.7 Å². The molecule has 1 aromatic carbocycles. The van der Waals surface area contributed by atoms with Crippen molar-refractivity contribution in [3.8, 4) is 5.75 Å². The van der Waals surface area contributed by atoms with Crippen LogP contribution in [0.25, 0.3) is 0 Å². The molecule has 5 heteroatoms. The number of benzene rings is 1. The van der Waals surface area contributed by atoms with E-state index in [0.717, 1.165) is 25.1 Å². The van der Waals surface area contributed by atoms with Gasteiger partial charge in [0.15, 0.2) is 0 Å². The predicted octanol–water partition coefficient (Wildman–Crippen LogP) is 3.09. The summed E-state index contributed by atoms with van der Waals surface area (Å²) in [7, 11) is 1.78. The standard InChI is InChI=1S/C21H30N4O/c1-26-21-8-4-3-7-18(21)20(25-11-5-2-6-12-25)15-22-17-10-9-16-14-23-24-19(16)13-17/h3-4,7-8,14,17,20,22H,2,5-6,9-13,15H2,1H3,(H,23,24). The van der Waals surface area contributed by atoms with Crippen LogP contribution in [0.3, 0.4) is 0 Å². The Morgan fingerprint density at radius 3 is 2.96 bits per heavy atom. The molecule has 2 aromatic rings. The minimum atomic E-state index is 0.370. The summed E-state index contributed by atoms with van der Waals surface area (Å²) in [6, 6.07) is 9.40. The normalized spacial score (nSPS) is 22.0. The Labute approximate surface area is 156 Å². The molecule has 0 saturated carbocycles. The number of aromatic amines is 1. The molecule has 0 amide bonds. The third-order valence-electron chi connectivity index (χ3n) is 5.95. The van der Waals surface area contributed by atoms with Crippen LogP contribution in [0.1, 0.15) is 48.5 Å². The topological polar surface area (TPSA) is 53.2 Å². The third kappa shape index (κ3) is 3.79. The van der Waals surface area contributed by atoms with E-state index in [0.29, 0.717) is 12.1 Å². The smallest absolute Gasteiger partial charge is 0.123 e. The maximum atomic E-state index is 5.68. The molecule has 1 fully saturated rings. The van der Waals surface area contributed by atoms with Gasteiger partial charge in [-0.05, 0) is 50.4 Å². The zero-order chi connectivity index (χ0) is 17.8. The van der Waals surface area contributed by atoms with E-state index < -0.39 is 0 Å². The van der Waals surface area contributed by atoms with Gasteiger partial charge < -0.3 is 10.1 Å². The van der Waals surface area contributed by atoms with Crippen molar-refractivity contribution in [1.29, 1.82) is 0 Å². The van der Waals surface area contributed by atoms with Gasteiger partial charge in [0.2, 0.25) is 0 Å². The molecule has 1 aliphatic carbocycles. The second-order valence-electron chi connectivity index (χ2n) is 7.58. The van der Waals surface area contributed by atoms with E-state index in [1.165, 1.54) is 55.6 Å². The number of nitrogens with zero attached hydrogens (tertiary/aromatic N) is 2. The maximum absolute atomic E-state index is 5.68. The van der Waals surface area contributed by atoms with Gasteiger partial charge in [-0.15, -0.1) is 0 Å². The van der Waals surface area contributed by atoms with Crippen molar-refractivity contribution in [2.75, 3.05) is 26.7 Å². The van der Waals surface area contributed by atoms with Gasteiger partial charge in [-0.3, -0.25) is 10.00 Å². The van der Waals surface area contributed by atoms with Crippen molar-refractivity contribution < 1.29 is 4.74 Å². The first kappa shape index (κ1) is 17.6. The maximum Gasteiger partial charge on any atom is 0.123 e. The van der Waals surface area contributed by atoms with Crippen LogP contribution in [-0.4, -0.2) is 47.9 Å². The molecule has 0 bridgehead atoms. The van der Waals surface area contributed by atoms with Gasteiger partial charge in [-0.2, -0.15) is 5.10 Å². The first-order valence-electron chi connectivity index (χ1n) is 9.96. The number of nitrogens with one attached hydrogen (secondary N) is 2. The lowest BCUT2D eigenvalue weighted by molar-refractivity contribution is 0.154. The van der Waals surface area contributed by atoms with E-state index in [-0.39, 0.29) is 0 Å². The minimum Gasteiger partial charge on any atom is -0.496 e. The second kappa shape index (κ2) is 8.23. The van der Waals surface area contributed by atoms with Gasteiger partial charge in [0.1, 0.15) is 5.75 Å². The van der Waals surface area contributed by atoms with Crippen molar-refractivity contribution in [3.05, 3.63) is 47.3 Å². The van der Waals surface area contributed by atoms with Crippen LogP contribution in [0.15, 0.2) is 30.5 Å². The highest BCUT2D eigenvalue weighted by atomic mass is 16.5. The minimum absolute atomic E-state index is 0.370. The quantitative estimate of drug-likeness (QED) is 0.837. The number of piperidine rings is 1. The summed E-state index contributed by atoms with van der Waals surface area (Å²) in [6.07, 6.45) is 9.29. The van der Waals surface area contributed by atoms with Gasteiger partial charge in [0.25, 0.3) is 0 Å². The Morgan fingerprint density at radius 2 is 2.12 bits per heavy atom. The molecule has 5 nitrogen and oxygen atoms in total. The third-order valence-corrected chi connectivity index (χ3v) is 5.95. The SMILES string of the molecule is COc1ccccc1C(CNC1CCc2cn[nH]c2C1)N1CCCCC1. The fourth-order valence-corrected chi connectivity index (χ4v) is 4.47. The molecule has 140 valence electrons. The van der Waals surface area contributed by atoms with E-state index in [4.69, 9.17) is 4.74 Å². The van der Waals surface area contributed by atoms with E-state index in [9.17, 15) is 0 Å². The zero-order valence-electron chi connectivity index (χ0n) is 15.7. The first-order chi connectivity index (χ1) is 12.8. The van der Waals surface area contributed by atoms with Gasteiger partial charge in [0.05, 0.1) is 19.3 Å². The Bertz CT molecular complexity index is 708. The molecule has 0 radical (unpaired) electrons. The largest absolute Gasteiger partial charge is 0.496 e. The number of rotatable bonds is 6. The molecule has 1 saturated heterocycles. The molecule has 4 rings (SSSR count). The number of para-hydroxylation sites is 1. The molecule has 1 aliphatic heterocycles. The zero-order valence-corrected chi connectivity index (χ0v) is 15.7. The van der Waals surface area contributed by atoms with Crippen molar-refractivity contribution in [1.82, 2.24) is 20.4 Å². The first-order valence-corrected chi connectivity index (χ1v) is 9.96. The van der Waals surface area contributed by atoms with Crippen LogP contribution in [0.2, 0.25) is 0 Å². The summed E-state index contributed by atoms with van der Waals surface area (Å²) < 4.78 is 5.68. The highest BCUT2D eigenvalue weighted by Gasteiger charge is 2.27. The van der Waals surface area contributed by atoms with Crippen LogP contribution in [-0.2, 0) is 12.8 Å².